The van der Waals surface area contributed by atoms with Crippen LogP contribution in [0.15, 0.2) is 24.4 Å². The summed E-state index contributed by atoms with van der Waals surface area (Å²) >= 11 is 0. The van der Waals surface area contributed by atoms with Crippen molar-refractivity contribution in [3.05, 3.63) is 30.0 Å². The van der Waals surface area contributed by atoms with Gasteiger partial charge in [-0.15, -0.1) is 0 Å². The Labute approximate surface area is 106 Å². The number of fused-ring (bicyclic) bond motifs is 1. The van der Waals surface area contributed by atoms with E-state index in [4.69, 9.17) is 0 Å². The first-order chi connectivity index (χ1) is 8.77. The van der Waals surface area contributed by atoms with Gasteiger partial charge in [-0.25, -0.2) is 0 Å². The molecule has 0 saturated heterocycles. The van der Waals surface area contributed by atoms with Gasteiger partial charge in [0.1, 0.15) is 0 Å². The number of hydrogen-bond acceptors (Lipinski definition) is 3. The molecule has 3 N–H and O–H groups in total. The molecule has 0 bridgehead atoms. The number of carbonyl (C=O) groups is 1. The predicted molar refractivity (Wildman–Crippen MR) is 71.1 cm³/mol. The lowest BCUT2D eigenvalue weighted by Gasteiger charge is -2.06. The van der Waals surface area contributed by atoms with E-state index < -0.39 is 0 Å². The molecular formula is C13H18N4O. The number of nitrogens with one attached hydrogen (secondary N) is 3. The fourth-order valence-corrected chi connectivity index (χ4v) is 1.88. The molecule has 0 fully saturated rings. The summed E-state index contributed by atoms with van der Waals surface area (Å²) in [7, 11) is 0. The van der Waals surface area contributed by atoms with Crippen molar-refractivity contribution in [2.24, 2.45) is 0 Å². The monoisotopic (exact) mass is 246 g/mol. The number of H-pyrrole nitrogens is 1. The van der Waals surface area contributed by atoms with Crippen LogP contribution in [-0.2, 0) is 11.3 Å². The van der Waals surface area contributed by atoms with Crippen molar-refractivity contribution in [2.45, 2.75) is 19.9 Å². The smallest absolute Gasteiger partial charge is 0.216 e. The normalized spacial score (nSPS) is 10.7. The molecule has 1 aromatic carbocycles. The topological polar surface area (TPSA) is 69.8 Å². The number of carbonyl (C=O) groups excluding carboxylic acids is 1. The van der Waals surface area contributed by atoms with Gasteiger partial charge in [0, 0.05) is 25.4 Å². The SMILES string of the molecule is CC(=O)NCCCNCc1cccc2cn[nH]c12. The van der Waals surface area contributed by atoms with E-state index >= 15 is 0 Å². The van der Waals surface area contributed by atoms with Crippen LogP contribution < -0.4 is 10.6 Å². The molecule has 0 saturated carbocycles. The summed E-state index contributed by atoms with van der Waals surface area (Å²) in [6.07, 6.45) is 2.76. The van der Waals surface area contributed by atoms with Crippen molar-refractivity contribution in [2.75, 3.05) is 13.1 Å². The summed E-state index contributed by atoms with van der Waals surface area (Å²) in [5.41, 5.74) is 2.30. The Bertz CT molecular complexity index is 520. The Kier molecular flexibility index (Phi) is 4.30. The molecule has 96 valence electrons. The lowest BCUT2D eigenvalue weighted by molar-refractivity contribution is -0.118. The average molecular weight is 246 g/mol. The third-order valence-electron chi connectivity index (χ3n) is 2.78. The maximum absolute atomic E-state index is 10.7. The predicted octanol–water partition coefficient (Wildman–Crippen LogP) is 1.18. The number of hydrogen-bond donors (Lipinski definition) is 3. The van der Waals surface area contributed by atoms with Crippen LogP contribution in [0.5, 0.6) is 0 Å². The summed E-state index contributed by atoms with van der Waals surface area (Å²) in [4.78, 5) is 10.7. The van der Waals surface area contributed by atoms with Crippen molar-refractivity contribution in [3.8, 4) is 0 Å². The van der Waals surface area contributed by atoms with Crippen LogP contribution in [0.2, 0.25) is 0 Å². The highest BCUT2D eigenvalue weighted by atomic mass is 16.1. The van der Waals surface area contributed by atoms with Gasteiger partial charge in [-0.3, -0.25) is 9.89 Å². The van der Waals surface area contributed by atoms with E-state index in [0.717, 1.165) is 37.0 Å². The van der Waals surface area contributed by atoms with E-state index in [1.54, 1.807) is 0 Å². The fourth-order valence-electron chi connectivity index (χ4n) is 1.88. The highest BCUT2D eigenvalue weighted by Crippen LogP contribution is 2.14. The van der Waals surface area contributed by atoms with Crippen LogP contribution in [0.4, 0.5) is 0 Å². The molecule has 2 aromatic rings. The van der Waals surface area contributed by atoms with E-state index in [2.05, 4.69) is 26.9 Å². The van der Waals surface area contributed by atoms with Crippen LogP contribution in [0.3, 0.4) is 0 Å². The molecule has 18 heavy (non-hydrogen) atoms. The minimum absolute atomic E-state index is 0.0252. The van der Waals surface area contributed by atoms with E-state index in [1.165, 1.54) is 12.5 Å². The summed E-state index contributed by atoms with van der Waals surface area (Å²) in [6.45, 7) is 3.94. The zero-order valence-corrected chi connectivity index (χ0v) is 10.5. The van der Waals surface area contributed by atoms with Crippen molar-refractivity contribution in [1.82, 2.24) is 20.8 Å². The Balaban J connectivity index is 1.76. The van der Waals surface area contributed by atoms with Crippen LogP contribution >= 0.6 is 0 Å². The minimum atomic E-state index is 0.0252. The van der Waals surface area contributed by atoms with E-state index in [0.29, 0.717) is 0 Å². The Morgan fingerprint density at radius 1 is 1.39 bits per heavy atom. The molecule has 1 aromatic heterocycles. The van der Waals surface area contributed by atoms with Gasteiger partial charge in [0.25, 0.3) is 0 Å². The van der Waals surface area contributed by atoms with Gasteiger partial charge in [-0.05, 0) is 18.5 Å². The first kappa shape index (κ1) is 12.6. The Morgan fingerprint density at radius 2 is 2.28 bits per heavy atom. The van der Waals surface area contributed by atoms with E-state index in [-0.39, 0.29) is 5.91 Å². The molecule has 0 radical (unpaired) electrons. The summed E-state index contributed by atoms with van der Waals surface area (Å²) in [5, 5.41) is 14.3. The molecule has 5 heteroatoms. The second-order valence-electron chi connectivity index (χ2n) is 4.26. The van der Waals surface area contributed by atoms with Crippen LogP contribution in [0.25, 0.3) is 10.9 Å². The molecule has 0 spiro atoms. The van der Waals surface area contributed by atoms with Crippen molar-refractivity contribution >= 4 is 16.8 Å². The maximum atomic E-state index is 10.7. The largest absolute Gasteiger partial charge is 0.356 e. The molecule has 1 heterocycles. The number of benzene rings is 1. The van der Waals surface area contributed by atoms with Gasteiger partial charge in [0.15, 0.2) is 0 Å². The first-order valence-corrected chi connectivity index (χ1v) is 6.13. The van der Waals surface area contributed by atoms with E-state index in [1.807, 2.05) is 18.3 Å². The number of nitrogens with zero attached hydrogens (tertiary/aromatic N) is 1. The third kappa shape index (κ3) is 3.30. The molecule has 0 unspecified atom stereocenters. The number of para-hydroxylation sites is 1. The first-order valence-electron chi connectivity index (χ1n) is 6.13. The molecule has 1 amide bonds. The zero-order valence-electron chi connectivity index (χ0n) is 10.5. The molecule has 0 atom stereocenters. The van der Waals surface area contributed by atoms with Crippen LogP contribution in [0, 0.1) is 0 Å². The van der Waals surface area contributed by atoms with Gasteiger partial charge in [-0.2, -0.15) is 5.10 Å². The van der Waals surface area contributed by atoms with Crippen molar-refractivity contribution < 1.29 is 4.79 Å². The van der Waals surface area contributed by atoms with Crippen molar-refractivity contribution in [3.63, 3.8) is 0 Å². The standard InChI is InChI=1S/C13H18N4O/c1-10(18)15-7-3-6-14-8-11-4-2-5-12-9-16-17-13(11)12/h2,4-5,9,14H,3,6-8H2,1H3,(H,15,18)(H,16,17). The van der Waals surface area contributed by atoms with Crippen LogP contribution in [-0.4, -0.2) is 29.2 Å². The van der Waals surface area contributed by atoms with Gasteiger partial charge in [-0.1, -0.05) is 18.2 Å². The van der Waals surface area contributed by atoms with E-state index in [9.17, 15) is 4.79 Å². The van der Waals surface area contributed by atoms with Crippen LogP contribution in [0.1, 0.15) is 18.9 Å². The summed E-state index contributed by atoms with van der Waals surface area (Å²) in [6, 6.07) is 6.16. The lowest BCUT2D eigenvalue weighted by atomic mass is 10.1. The highest BCUT2D eigenvalue weighted by molar-refractivity contribution is 5.81. The van der Waals surface area contributed by atoms with Gasteiger partial charge >= 0.3 is 0 Å². The van der Waals surface area contributed by atoms with Gasteiger partial charge in [0.05, 0.1) is 11.7 Å². The summed E-state index contributed by atoms with van der Waals surface area (Å²) in [5.74, 6) is 0.0252. The quantitative estimate of drug-likeness (QED) is 0.670. The lowest BCUT2D eigenvalue weighted by Crippen LogP contribution is -2.25. The van der Waals surface area contributed by atoms with Crippen molar-refractivity contribution in [1.29, 1.82) is 0 Å². The Hall–Kier alpha value is -1.88. The Morgan fingerprint density at radius 3 is 3.11 bits per heavy atom. The zero-order chi connectivity index (χ0) is 12.8. The fraction of sp³-hybridized carbons (Fsp3) is 0.385. The number of amides is 1. The molecule has 0 aliphatic rings. The average Bonchev–Trinajstić information content (AvgIpc) is 2.82. The third-order valence-corrected chi connectivity index (χ3v) is 2.78. The summed E-state index contributed by atoms with van der Waals surface area (Å²) < 4.78 is 0. The molecule has 0 aliphatic heterocycles. The number of aromatic nitrogens is 2. The molecule has 2 rings (SSSR count). The minimum Gasteiger partial charge on any atom is -0.356 e. The maximum Gasteiger partial charge on any atom is 0.216 e. The number of rotatable bonds is 6. The molecule has 5 nitrogen and oxygen atoms in total. The molecule has 0 aliphatic carbocycles. The van der Waals surface area contributed by atoms with Gasteiger partial charge in [0.2, 0.25) is 5.91 Å². The second-order valence-corrected chi connectivity index (χ2v) is 4.26. The molecular weight excluding hydrogens is 228 g/mol. The van der Waals surface area contributed by atoms with Gasteiger partial charge < -0.3 is 10.6 Å². The highest BCUT2D eigenvalue weighted by Gasteiger charge is 2.01. The second kappa shape index (κ2) is 6.16. The number of aromatic amines is 1.